The quantitative estimate of drug-likeness (QED) is 0.489. The molecule has 0 bridgehead atoms. The SMILES string of the molecule is N#Cc1ccc(CN(N)/C=C(\N)CO)cc1. The van der Waals surface area contributed by atoms with E-state index in [0.717, 1.165) is 5.56 Å². The number of aliphatic hydroxyl groups is 1. The van der Waals surface area contributed by atoms with Gasteiger partial charge in [-0.15, -0.1) is 0 Å². The molecule has 0 spiro atoms. The second-order valence-corrected chi connectivity index (χ2v) is 3.34. The number of benzene rings is 1. The molecule has 0 aliphatic carbocycles. The molecular weight excluding hydrogens is 204 g/mol. The molecule has 84 valence electrons. The van der Waals surface area contributed by atoms with Gasteiger partial charge in [0.05, 0.1) is 30.5 Å². The molecule has 0 fully saturated rings. The minimum atomic E-state index is -0.221. The van der Waals surface area contributed by atoms with Crippen molar-refractivity contribution in [1.29, 1.82) is 5.26 Å². The lowest BCUT2D eigenvalue weighted by Crippen LogP contribution is -2.26. The van der Waals surface area contributed by atoms with Gasteiger partial charge in [-0.3, -0.25) is 0 Å². The van der Waals surface area contributed by atoms with Crippen molar-refractivity contribution in [2.75, 3.05) is 6.61 Å². The summed E-state index contributed by atoms with van der Waals surface area (Å²) in [5, 5.41) is 18.7. The van der Waals surface area contributed by atoms with Crippen molar-refractivity contribution in [1.82, 2.24) is 5.01 Å². The molecule has 5 nitrogen and oxygen atoms in total. The summed E-state index contributed by atoms with van der Waals surface area (Å²) in [5.74, 6) is 5.65. The first-order valence-corrected chi connectivity index (χ1v) is 4.73. The van der Waals surface area contributed by atoms with E-state index in [1.165, 1.54) is 11.2 Å². The van der Waals surface area contributed by atoms with Gasteiger partial charge in [0.25, 0.3) is 0 Å². The molecule has 0 unspecified atom stereocenters. The summed E-state index contributed by atoms with van der Waals surface area (Å²) in [5.41, 5.74) is 7.29. The molecule has 0 aromatic heterocycles. The predicted molar refractivity (Wildman–Crippen MR) is 60.2 cm³/mol. The summed E-state index contributed by atoms with van der Waals surface area (Å²) in [6.07, 6.45) is 1.47. The molecule has 1 aromatic carbocycles. The Labute approximate surface area is 94.2 Å². The first kappa shape index (κ1) is 12.0. The minimum Gasteiger partial charge on any atom is -0.399 e. The molecule has 0 aliphatic rings. The van der Waals surface area contributed by atoms with Crippen LogP contribution in [0.15, 0.2) is 36.2 Å². The van der Waals surface area contributed by atoms with Crippen LogP contribution in [0, 0.1) is 11.3 Å². The first-order chi connectivity index (χ1) is 7.65. The third-order valence-electron chi connectivity index (χ3n) is 1.96. The predicted octanol–water partition coefficient (Wildman–Crippen LogP) is 0.0264. The van der Waals surface area contributed by atoms with Crippen molar-refractivity contribution in [2.45, 2.75) is 6.54 Å². The number of aliphatic hydroxyl groups excluding tert-OH is 1. The fraction of sp³-hybridized carbons (Fsp3) is 0.182. The maximum Gasteiger partial charge on any atom is 0.0991 e. The molecule has 0 saturated heterocycles. The minimum absolute atomic E-state index is 0.221. The molecule has 1 aromatic rings. The summed E-state index contributed by atoms with van der Waals surface area (Å²) in [6.45, 7) is 0.244. The highest BCUT2D eigenvalue weighted by Gasteiger charge is 1.98. The topological polar surface area (TPSA) is 99.3 Å². The van der Waals surface area contributed by atoms with E-state index in [2.05, 4.69) is 0 Å². The molecule has 5 N–H and O–H groups in total. The third-order valence-corrected chi connectivity index (χ3v) is 1.96. The Morgan fingerprint density at radius 3 is 2.56 bits per heavy atom. The van der Waals surface area contributed by atoms with Crippen molar-refractivity contribution >= 4 is 0 Å². The van der Waals surface area contributed by atoms with Gasteiger partial charge in [-0.2, -0.15) is 5.26 Å². The molecule has 16 heavy (non-hydrogen) atoms. The van der Waals surface area contributed by atoms with E-state index in [9.17, 15) is 0 Å². The zero-order valence-electron chi connectivity index (χ0n) is 8.80. The van der Waals surface area contributed by atoms with Crippen molar-refractivity contribution in [3.63, 3.8) is 0 Å². The van der Waals surface area contributed by atoms with Crippen LogP contribution >= 0.6 is 0 Å². The van der Waals surface area contributed by atoms with Crippen molar-refractivity contribution in [3.8, 4) is 6.07 Å². The van der Waals surface area contributed by atoms with Gasteiger partial charge in [0.15, 0.2) is 0 Å². The Bertz CT molecular complexity index is 405. The maximum absolute atomic E-state index is 8.71. The van der Waals surface area contributed by atoms with Gasteiger partial charge < -0.3 is 15.8 Å². The fourth-order valence-corrected chi connectivity index (χ4v) is 1.19. The maximum atomic E-state index is 8.71. The van der Waals surface area contributed by atoms with Crippen LogP contribution in [0.3, 0.4) is 0 Å². The lowest BCUT2D eigenvalue weighted by molar-refractivity contribution is 0.318. The average Bonchev–Trinajstić information content (AvgIpc) is 2.29. The molecule has 0 heterocycles. The summed E-state index contributed by atoms with van der Waals surface area (Å²) in [4.78, 5) is 0. The Morgan fingerprint density at radius 1 is 1.44 bits per heavy atom. The zero-order chi connectivity index (χ0) is 12.0. The van der Waals surface area contributed by atoms with E-state index in [0.29, 0.717) is 17.8 Å². The molecule has 0 atom stereocenters. The molecular formula is C11H14N4O. The van der Waals surface area contributed by atoms with Crippen LogP contribution in [0.5, 0.6) is 0 Å². The largest absolute Gasteiger partial charge is 0.399 e. The van der Waals surface area contributed by atoms with Crippen LogP contribution in [-0.4, -0.2) is 16.7 Å². The van der Waals surface area contributed by atoms with Crippen LogP contribution in [0.25, 0.3) is 0 Å². The lowest BCUT2D eigenvalue weighted by Gasteiger charge is -2.14. The van der Waals surface area contributed by atoms with Crippen molar-refractivity contribution in [2.24, 2.45) is 11.6 Å². The fourth-order valence-electron chi connectivity index (χ4n) is 1.19. The van der Waals surface area contributed by atoms with Crippen LogP contribution in [0.2, 0.25) is 0 Å². The van der Waals surface area contributed by atoms with Crippen molar-refractivity contribution < 1.29 is 5.11 Å². The van der Waals surface area contributed by atoms with Crippen LogP contribution in [0.4, 0.5) is 0 Å². The van der Waals surface area contributed by atoms with Crippen LogP contribution in [0.1, 0.15) is 11.1 Å². The monoisotopic (exact) mass is 218 g/mol. The second-order valence-electron chi connectivity index (χ2n) is 3.34. The normalized spacial score (nSPS) is 10.9. The number of nitrogens with zero attached hydrogens (tertiary/aromatic N) is 2. The van der Waals surface area contributed by atoms with Gasteiger partial charge in [-0.25, -0.2) is 5.84 Å². The van der Waals surface area contributed by atoms with Crippen molar-refractivity contribution in [3.05, 3.63) is 47.3 Å². The van der Waals surface area contributed by atoms with Gasteiger partial charge >= 0.3 is 0 Å². The summed E-state index contributed by atoms with van der Waals surface area (Å²) in [6, 6.07) is 9.13. The average molecular weight is 218 g/mol. The van der Waals surface area contributed by atoms with E-state index >= 15 is 0 Å². The number of nitrogens with two attached hydrogens (primary N) is 2. The Balaban J connectivity index is 2.63. The zero-order valence-corrected chi connectivity index (χ0v) is 8.80. The number of hydrogen-bond acceptors (Lipinski definition) is 5. The van der Waals surface area contributed by atoms with E-state index < -0.39 is 0 Å². The number of rotatable bonds is 4. The third kappa shape index (κ3) is 3.61. The second kappa shape index (κ2) is 5.75. The van der Waals surface area contributed by atoms with E-state index in [4.69, 9.17) is 21.9 Å². The van der Waals surface area contributed by atoms with Crippen LogP contribution in [-0.2, 0) is 6.54 Å². The molecule has 0 radical (unpaired) electrons. The Morgan fingerprint density at radius 2 is 2.06 bits per heavy atom. The molecule has 0 amide bonds. The van der Waals surface area contributed by atoms with Gasteiger partial charge in [0, 0.05) is 6.20 Å². The summed E-state index contributed by atoms with van der Waals surface area (Å²) in [7, 11) is 0. The van der Waals surface area contributed by atoms with Gasteiger partial charge in [-0.1, -0.05) is 12.1 Å². The molecule has 0 saturated carbocycles. The Kier molecular flexibility index (Phi) is 4.33. The molecule has 5 heteroatoms. The summed E-state index contributed by atoms with van der Waals surface area (Å²) >= 11 is 0. The van der Waals surface area contributed by atoms with E-state index in [1.54, 1.807) is 12.1 Å². The smallest absolute Gasteiger partial charge is 0.0991 e. The molecule has 1 rings (SSSR count). The lowest BCUT2D eigenvalue weighted by atomic mass is 10.1. The van der Waals surface area contributed by atoms with E-state index in [1.807, 2.05) is 18.2 Å². The standard InChI is InChI=1S/C11H14N4O/c12-5-9-1-3-10(4-2-9)6-15(14)7-11(13)8-16/h1-4,7,16H,6,8,13-14H2/b11-7-. The van der Waals surface area contributed by atoms with Crippen LogP contribution < -0.4 is 11.6 Å². The number of hydrazine groups is 1. The van der Waals surface area contributed by atoms with Gasteiger partial charge in [-0.05, 0) is 17.7 Å². The van der Waals surface area contributed by atoms with Gasteiger partial charge in [0.1, 0.15) is 0 Å². The highest BCUT2D eigenvalue weighted by Crippen LogP contribution is 2.05. The number of nitriles is 1. The first-order valence-electron chi connectivity index (χ1n) is 4.73. The molecule has 0 aliphatic heterocycles. The highest BCUT2D eigenvalue weighted by molar-refractivity contribution is 5.31. The Hall–Kier alpha value is -2.03. The number of hydrogen-bond donors (Lipinski definition) is 3. The highest BCUT2D eigenvalue weighted by atomic mass is 16.3. The van der Waals surface area contributed by atoms with E-state index in [-0.39, 0.29) is 6.61 Å². The van der Waals surface area contributed by atoms with Gasteiger partial charge in [0.2, 0.25) is 0 Å². The summed E-state index contributed by atoms with van der Waals surface area (Å²) < 4.78 is 0.